The van der Waals surface area contributed by atoms with E-state index in [0.29, 0.717) is 6.54 Å². The summed E-state index contributed by atoms with van der Waals surface area (Å²) >= 11 is 0. The number of nitrogens with zero attached hydrogens (tertiary/aromatic N) is 2. The molecule has 2 aromatic rings. The fraction of sp³-hybridized carbons (Fsp3) is 0.474. The highest BCUT2D eigenvalue weighted by Crippen LogP contribution is 2.36. The van der Waals surface area contributed by atoms with E-state index in [1.807, 2.05) is 43.0 Å². The number of methoxy groups -OCH3 is 1. The summed E-state index contributed by atoms with van der Waals surface area (Å²) in [6, 6.07) is 7.72. The molecular weight excluding hydrogens is 318 g/mol. The zero-order chi connectivity index (χ0) is 17.8. The first-order valence-corrected chi connectivity index (χ1v) is 8.76. The smallest absolute Gasteiger partial charge is 0.318 e. The maximum Gasteiger partial charge on any atom is 0.318 e. The number of amides is 2. The Hall–Kier alpha value is -2.50. The Morgan fingerprint density at radius 1 is 1.48 bits per heavy atom. The number of urea groups is 1. The van der Waals surface area contributed by atoms with Crippen LogP contribution in [0.4, 0.5) is 4.79 Å². The number of carbonyl (C=O) groups is 1. The first-order chi connectivity index (χ1) is 12.1. The summed E-state index contributed by atoms with van der Waals surface area (Å²) in [5.41, 5.74) is 2.98. The lowest BCUT2D eigenvalue weighted by molar-refractivity contribution is 0.192. The van der Waals surface area contributed by atoms with Gasteiger partial charge >= 0.3 is 6.03 Å². The summed E-state index contributed by atoms with van der Waals surface area (Å²) in [6.45, 7) is 5.22. The van der Waals surface area contributed by atoms with E-state index in [1.165, 1.54) is 0 Å². The minimum Gasteiger partial charge on any atom is -0.497 e. The SMILES string of the molecule is CCc1onc(C)c1[C@@H]1CCCN1C(=O)NCc1cccc(OC)c1. The molecule has 6 heteroatoms. The van der Waals surface area contributed by atoms with Gasteiger partial charge in [-0.1, -0.05) is 24.2 Å². The molecule has 1 saturated heterocycles. The van der Waals surface area contributed by atoms with Crippen molar-refractivity contribution < 1.29 is 14.1 Å². The second-order valence-electron chi connectivity index (χ2n) is 6.32. The molecule has 1 aliphatic heterocycles. The molecule has 1 aromatic carbocycles. The topological polar surface area (TPSA) is 67.6 Å². The normalized spacial score (nSPS) is 16.9. The van der Waals surface area contributed by atoms with Crippen LogP contribution in [0, 0.1) is 6.92 Å². The van der Waals surface area contributed by atoms with E-state index in [0.717, 1.165) is 54.1 Å². The highest BCUT2D eigenvalue weighted by molar-refractivity contribution is 5.75. The lowest BCUT2D eigenvalue weighted by atomic mass is 10.0. The zero-order valence-electron chi connectivity index (χ0n) is 15.0. The summed E-state index contributed by atoms with van der Waals surface area (Å²) in [7, 11) is 1.64. The number of ether oxygens (including phenoxy) is 1. The van der Waals surface area contributed by atoms with Crippen molar-refractivity contribution in [3.63, 3.8) is 0 Å². The molecule has 2 amide bonds. The first kappa shape index (κ1) is 17.3. The zero-order valence-corrected chi connectivity index (χ0v) is 15.0. The van der Waals surface area contributed by atoms with E-state index >= 15 is 0 Å². The Bertz CT molecular complexity index is 741. The van der Waals surface area contributed by atoms with Gasteiger partial charge in [-0.15, -0.1) is 0 Å². The number of likely N-dealkylation sites (tertiary alicyclic amines) is 1. The summed E-state index contributed by atoms with van der Waals surface area (Å²) in [5, 5.41) is 7.11. The molecule has 25 heavy (non-hydrogen) atoms. The minimum absolute atomic E-state index is 0.0477. The van der Waals surface area contributed by atoms with Gasteiger partial charge in [0.15, 0.2) is 0 Å². The van der Waals surface area contributed by atoms with Crippen LogP contribution in [0.5, 0.6) is 5.75 Å². The van der Waals surface area contributed by atoms with Gasteiger partial charge in [0.25, 0.3) is 0 Å². The molecule has 1 N–H and O–H groups in total. The second kappa shape index (κ2) is 7.59. The Labute approximate surface area is 148 Å². The Balaban J connectivity index is 1.69. The van der Waals surface area contributed by atoms with Crippen LogP contribution < -0.4 is 10.1 Å². The highest BCUT2D eigenvalue weighted by Gasteiger charge is 2.34. The number of carbonyl (C=O) groups excluding carboxylic acids is 1. The van der Waals surface area contributed by atoms with Gasteiger partial charge in [0, 0.05) is 25.1 Å². The molecule has 0 radical (unpaired) electrons. The van der Waals surface area contributed by atoms with Crippen LogP contribution >= 0.6 is 0 Å². The van der Waals surface area contributed by atoms with Crippen molar-refractivity contribution in [3.05, 3.63) is 46.8 Å². The van der Waals surface area contributed by atoms with Gasteiger partial charge in [-0.05, 0) is 37.5 Å². The van der Waals surface area contributed by atoms with Gasteiger partial charge in [-0.3, -0.25) is 0 Å². The molecule has 0 unspecified atom stereocenters. The molecule has 1 fully saturated rings. The van der Waals surface area contributed by atoms with E-state index in [-0.39, 0.29) is 12.1 Å². The van der Waals surface area contributed by atoms with Crippen LogP contribution in [0.2, 0.25) is 0 Å². The third-order valence-electron chi connectivity index (χ3n) is 4.73. The molecule has 3 rings (SSSR count). The molecule has 0 saturated carbocycles. The van der Waals surface area contributed by atoms with Crippen molar-refractivity contribution in [3.8, 4) is 5.75 Å². The number of aromatic nitrogens is 1. The van der Waals surface area contributed by atoms with Crippen LogP contribution in [0.25, 0.3) is 0 Å². The van der Waals surface area contributed by atoms with Crippen LogP contribution in [0.15, 0.2) is 28.8 Å². The molecule has 2 heterocycles. The molecular formula is C19H25N3O3. The molecule has 1 aliphatic rings. The first-order valence-electron chi connectivity index (χ1n) is 8.76. The van der Waals surface area contributed by atoms with Crippen molar-refractivity contribution in [1.82, 2.24) is 15.4 Å². The lowest BCUT2D eigenvalue weighted by Gasteiger charge is -2.25. The molecule has 1 atom stereocenters. The van der Waals surface area contributed by atoms with Crippen LogP contribution in [0.1, 0.15) is 48.4 Å². The number of hydrogen-bond donors (Lipinski definition) is 1. The van der Waals surface area contributed by atoms with Crippen LogP contribution in [-0.2, 0) is 13.0 Å². The van der Waals surface area contributed by atoms with Gasteiger partial charge in [0.1, 0.15) is 11.5 Å². The summed E-state index contributed by atoms with van der Waals surface area (Å²) in [5.74, 6) is 1.67. The van der Waals surface area contributed by atoms with E-state index in [1.54, 1.807) is 7.11 Å². The van der Waals surface area contributed by atoms with E-state index in [2.05, 4.69) is 10.5 Å². The van der Waals surface area contributed by atoms with Crippen molar-refractivity contribution >= 4 is 6.03 Å². The Morgan fingerprint density at radius 2 is 2.32 bits per heavy atom. The van der Waals surface area contributed by atoms with Gasteiger partial charge in [-0.25, -0.2) is 4.79 Å². The molecule has 0 aliphatic carbocycles. The maximum absolute atomic E-state index is 12.7. The summed E-state index contributed by atoms with van der Waals surface area (Å²) in [4.78, 5) is 14.6. The predicted molar refractivity (Wildman–Crippen MR) is 94.5 cm³/mol. The molecule has 1 aromatic heterocycles. The molecule has 0 bridgehead atoms. The number of benzene rings is 1. The van der Waals surface area contributed by atoms with E-state index in [4.69, 9.17) is 9.26 Å². The second-order valence-corrected chi connectivity index (χ2v) is 6.32. The number of nitrogens with one attached hydrogen (secondary N) is 1. The average Bonchev–Trinajstić information content (AvgIpc) is 3.25. The van der Waals surface area contributed by atoms with Gasteiger partial charge < -0.3 is 19.5 Å². The largest absolute Gasteiger partial charge is 0.497 e. The van der Waals surface area contributed by atoms with Crippen molar-refractivity contribution in [2.24, 2.45) is 0 Å². The minimum atomic E-state index is -0.0482. The van der Waals surface area contributed by atoms with Crippen molar-refractivity contribution in [2.75, 3.05) is 13.7 Å². The van der Waals surface area contributed by atoms with Gasteiger partial charge in [0.05, 0.1) is 18.8 Å². The predicted octanol–water partition coefficient (Wildman–Crippen LogP) is 3.60. The molecule has 0 spiro atoms. The van der Waals surface area contributed by atoms with Gasteiger partial charge in [-0.2, -0.15) is 0 Å². The fourth-order valence-electron chi connectivity index (χ4n) is 3.48. The molecule has 6 nitrogen and oxygen atoms in total. The molecule has 134 valence electrons. The number of rotatable bonds is 5. The van der Waals surface area contributed by atoms with E-state index < -0.39 is 0 Å². The van der Waals surface area contributed by atoms with Crippen molar-refractivity contribution in [1.29, 1.82) is 0 Å². The number of hydrogen-bond acceptors (Lipinski definition) is 4. The third kappa shape index (κ3) is 3.62. The Kier molecular flexibility index (Phi) is 5.26. The standard InChI is InChI=1S/C19H25N3O3/c1-4-17-18(13(2)21-25-17)16-9-6-10-22(16)19(23)20-12-14-7-5-8-15(11-14)24-3/h5,7-8,11,16H,4,6,9-10,12H2,1-3H3,(H,20,23)/t16-/m0/s1. The quantitative estimate of drug-likeness (QED) is 0.901. The lowest BCUT2D eigenvalue weighted by Crippen LogP contribution is -2.39. The number of aryl methyl sites for hydroxylation is 2. The third-order valence-corrected chi connectivity index (χ3v) is 4.73. The Morgan fingerprint density at radius 3 is 3.08 bits per heavy atom. The van der Waals surface area contributed by atoms with Crippen molar-refractivity contribution in [2.45, 2.75) is 45.7 Å². The average molecular weight is 343 g/mol. The summed E-state index contributed by atoms with van der Waals surface area (Å²) in [6.07, 6.45) is 2.72. The monoisotopic (exact) mass is 343 g/mol. The van der Waals surface area contributed by atoms with Crippen LogP contribution in [-0.4, -0.2) is 29.7 Å². The summed E-state index contributed by atoms with van der Waals surface area (Å²) < 4.78 is 10.6. The van der Waals surface area contributed by atoms with Crippen LogP contribution in [0.3, 0.4) is 0 Å². The maximum atomic E-state index is 12.7. The highest BCUT2D eigenvalue weighted by atomic mass is 16.5. The fourth-order valence-corrected chi connectivity index (χ4v) is 3.48. The van der Waals surface area contributed by atoms with Gasteiger partial charge in [0.2, 0.25) is 0 Å². The van der Waals surface area contributed by atoms with E-state index in [9.17, 15) is 4.79 Å².